The van der Waals surface area contributed by atoms with Gasteiger partial charge in [-0.05, 0) is 30.7 Å². The first-order valence-electron chi connectivity index (χ1n) is 5.45. The average Bonchev–Trinajstić information content (AvgIpc) is 2.31. The van der Waals surface area contributed by atoms with Gasteiger partial charge in [-0.3, -0.25) is 4.79 Å². The molecule has 0 radical (unpaired) electrons. The number of amides is 1. The molecule has 0 atom stereocenters. The van der Waals surface area contributed by atoms with Crippen LogP contribution in [0.15, 0.2) is 27.6 Å². The highest BCUT2D eigenvalue weighted by Gasteiger charge is 2.14. The molecule has 6 nitrogen and oxygen atoms in total. The van der Waals surface area contributed by atoms with E-state index in [9.17, 15) is 13.2 Å². The van der Waals surface area contributed by atoms with Gasteiger partial charge in [0.1, 0.15) is 6.61 Å². The van der Waals surface area contributed by atoms with Crippen molar-refractivity contribution in [2.75, 3.05) is 19.8 Å². The maximum Gasteiger partial charge on any atom is 0.243 e. The molecular weight excluding hydrogens is 336 g/mol. The number of primary amides is 1. The lowest BCUT2D eigenvalue weighted by atomic mass is 10.2. The summed E-state index contributed by atoms with van der Waals surface area (Å²) in [5, 5.41) is 0. The molecule has 0 aliphatic carbocycles. The van der Waals surface area contributed by atoms with Gasteiger partial charge in [-0.25, -0.2) is 13.1 Å². The number of nitrogens with one attached hydrogen (secondary N) is 1. The number of ether oxygens (including phenoxy) is 1. The van der Waals surface area contributed by atoms with E-state index in [2.05, 4.69) is 20.7 Å². The van der Waals surface area contributed by atoms with Gasteiger partial charge < -0.3 is 10.5 Å². The smallest absolute Gasteiger partial charge is 0.243 e. The Hall–Kier alpha value is -0.960. The summed E-state index contributed by atoms with van der Waals surface area (Å²) in [6.07, 6.45) is 0. The Labute approximate surface area is 120 Å². The molecule has 0 fully saturated rings. The molecule has 1 amide bonds. The first-order valence-corrected chi connectivity index (χ1v) is 7.72. The summed E-state index contributed by atoms with van der Waals surface area (Å²) in [6.45, 7) is 1.74. The van der Waals surface area contributed by atoms with Crippen LogP contribution < -0.4 is 10.5 Å². The van der Waals surface area contributed by atoms with Crippen LogP contribution in [-0.2, 0) is 19.6 Å². The van der Waals surface area contributed by atoms with E-state index in [1.807, 2.05) is 0 Å². The van der Waals surface area contributed by atoms with Crippen LogP contribution >= 0.6 is 15.9 Å². The second kappa shape index (κ2) is 6.99. The largest absolute Gasteiger partial charge is 0.370 e. The zero-order valence-corrected chi connectivity index (χ0v) is 12.8. The number of benzene rings is 1. The lowest BCUT2D eigenvalue weighted by Gasteiger charge is -2.08. The van der Waals surface area contributed by atoms with Crippen molar-refractivity contribution in [2.45, 2.75) is 11.8 Å². The van der Waals surface area contributed by atoms with Crippen molar-refractivity contribution in [3.63, 3.8) is 0 Å². The molecule has 0 saturated heterocycles. The summed E-state index contributed by atoms with van der Waals surface area (Å²) in [7, 11) is -3.57. The molecular formula is C11H15BrN2O4S. The van der Waals surface area contributed by atoms with Gasteiger partial charge in [-0.15, -0.1) is 0 Å². The van der Waals surface area contributed by atoms with Crippen molar-refractivity contribution < 1.29 is 17.9 Å². The number of halogens is 1. The Morgan fingerprint density at radius 2 is 2.16 bits per heavy atom. The minimum Gasteiger partial charge on any atom is -0.370 e. The number of hydrogen-bond donors (Lipinski definition) is 2. The van der Waals surface area contributed by atoms with Crippen LogP contribution in [0.3, 0.4) is 0 Å². The third-order valence-corrected chi connectivity index (χ3v) is 4.57. The fraction of sp³-hybridized carbons (Fsp3) is 0.364. The molecule has 0 bridgehead atoms. The number of hydrogen-bond acceptors (Lipinski definition) is 4. The standard InChI is InChI=1S/C11H15BrN2O4S/c1-8-6-9(2-3-10(8)12)19(16,17)14-4-5-18-7-11(13)15/h2-3,6,14H,4-5,7H2,1H3,(H2,13,15). The molecule has 0 saturated carbocycles. The molecule has 0 unspecified atom stereocenters. The van der Waals surface area contributed by atoms with Crippen LogP contribution in [-0.4, -0.2) is 34.1 Å². The lowest BCUT2D eigenvalue weighted by Crippen LogP contribution is -2.29. The normalized spacial score (nSPS) is 11.5. The maximum absolute atomic E-state index is 11.9. The molecule has 1 aromatic rings. The lowest BCUT2D eigenvalue weighted by molar-refractivity contribution is -0.122. The molecule has 0 aliphatic heterocycles. The van der Waals surface area contributed by atoms with Crippen LogP contribution in [0.5, 0.6) is 0 Å². The van der Waals surface area contributed by atoms with Crippen LogP contribution in [0.1, 0.15) is 5.56 Å². The first-order chi connectivity index (χ1) is 8.83. The van der Waals surface area contributed by atoms with Gasteiger partial charge in [-0.2, -0.15) is 0 Å². The van der Waals surface area contributed by atoms with Crippen molar-refractivity contribution >= 4 is 31.9 Å². The zero-order valence-electron chi connectivity index (χ0n) is 10.3. The summed E-state index contributed by atoms with van der Waals surface area (Å²) in [5.41, 5.74) is 5.70. The summed E-state index contributed by atoms with van der Waals surface area (Å²) in [5.74, 6) is -0.591. The van der Waals surface area contributed by atoms with Gasteiger partial charge >= 0.3 is 0 Å². The maximum atomic E-state index is 11.9. The second-order valence-corrected chi connectivity index (χ2v) is 6.45. The number of rotatable bonds is 7. The van der Waals surface area contributed by atoms with Crippen molar-refractivity contribution in [1.29, 1.82) is 0 Å². The van der Waals surface area contributed by atoms with E-state index in [0.29, 0.717) is 0 Å². The number of nitrogens with two attached hydrogens (primary N) is 1. The Kier molecular flexibility index (Phi) is 5.92. The fourth-order valence-electron chi connectivity index (χ4n) is 1.29. The van der Waals surface area contributed by atoms with E-state index >= 15 is 0 Å². The van der Waals surface area contributed by atoms with E-state index in [4.69, 9.17) is 10.5 Å². The van der Waals surface area contributed by atoms with E-state index in [0.717, 1.165) is 10.0 Å². The van der Waals surface area contributed by atoms with Gasteiger partial charge in [0.25, 0.3) is 0 Å². The SMILES string of the molecule is Cc1cc(S(=O)(=O)NCCOCC(N)=O)ccc1Br. The molecule has 0 spiro atoms. The Bertz CT molecular complexity index is 560. The first kappa shape index (κ1) is 16.1. The quantitative estimate of drug-likeness (QED) is 0.701. The molecule has 19 heavy (non-hydrogen) atoms. The zero-order chi connectivity index (χ0) is 14.5. The van der Waals surface area contributed by atoms with Gasteiger partial charge in [0, 0.05) is 11.0 Å². The highest BCUT2D eigenvalue weighted by Crippen LogP contribution is 2.19. The molecule has 1 rings (SSSR count). The molecule has 0 aromatic heterocycles. The van der Waals surface area contributed by atoms with Crippen molar-refractivity contribution in [2.24, 2.45) is 5.73 Å². The molecule has 106 valence electrons. The number of carbonyl (C=O) groups excluding carboxylic acids is 1. The summed E-state index contributed by atoms with van der Waals surface area (Å²) >= 11 is 3.30. The fourth-order valence-corrected chi connectivity index (χ4v) is 2.63. The highest BCUT2D eigenvalue weighted by molar-refractivity contribution is 9.10. The molecule has 0 heterocycles. The van der Waals surface area contributed by atoms with Crippen molar-refractivity contribution in [3.05, 3.63) is 28.2 Å². The Morgan fingerprint density at radius 1 is 1.47 bits per heavy atom. The number of aryl methyl sites for hydroxylation is 1. The number of sulfonamides is 1. The topological polar surface area (TPSA) is 98.5 Å². The van der Waals surface area contributed by atoms with Gasteiger partial charge in [0.2, 0.25) is 15.9 Å². The molecule has 3 N–H and O–H groups in total. The monoisotopic (exact) mass is 350 g/mol. The predicted molar refractivity (Wildman–Crippen MR) is 74.1 cm³/mol. The van der Waals surface area contributed by atoms with Crippen LogP contribution in [0.4, 0.5) is 0 Å². The molecule has 1 aromatic carbocycles. The minimum absolute atomic E-state index is 0.0741. The van der Waals surface area contributed by atoms with Gasteiger partial charge in [-0.1, -0.05) is 15.9 Å². The average molecular weight is 351 g/mol. The predicted octanol–water partition coefficient (Wildman–Crippen LogP) is 0.538. The Balaban J connectivity index is 2.56. The third kappa shape index (κ3) is 5.27. The van der Waals surface area contributed by atoms with E-state index < -0.39 is 15.9 Å². The highest BCUT2D eigenvalue weighted by atomic mass is 79.9. The Morgan fingerprint density at radius 3 is 2.74 bits per heavy atom. The van der Waals surface area contributed by atoms with Crippen molar-refractivity contribution in [1.82, 2.24) is 4.72 Å². The minimum atomic E-state index is -3.57. The van der Waals surface area contributed by atoms with Crippen molar-refractivity contribution in [3.8, 4) is 0 Å². The third-order valence-electron chi connectivity index (χ3n) is 2.22. The van der Waals surface area contributed by atoms with Crippen LogP contribution in [0, 0.1) is 6.92 Å². The van der Waals surface area contributed by atoms with Gasteiger partial charge in [0.15, 0.2) is 0 Å². The summed E-state index contributed by atoms with van der Waals surface area (Å²) < 4.78 is 31.9. The molecule has 8 heteroatoms. The van der Waals surface area contributed by atoms with Crippen LogP contribution in [0.2, 0.25) is 0 Å². The summed E-state index contributed by atoms with van der Waals surface area (Å²) in [4.78, 5) is 10.6. The second-order valence-electron chi connectivity index (χ2n) is 3.83. The van der Waals surface area contributed by atoms with E-state index in [1.165, 1.54) is 6.07 Å². The summed E-state index contributed by atoms with van der Waals surface area (Å²) in [6, 6.07) is 4.74. The van der Waals surface area contributed by atoms with E-state index in [1.54, 1.807) is 19.1 Å². The van der Waals surface area contributed by atoms with Gasteiger partial charge in [0.05, 0.1) is 11.5 Å². The number of carbonyl (C=O) groups is 1. The van der Waals surface area contributed by atoms with Crippen LogP contribution in [0.25, 0.3) is 0 Å². The molecule has 0 aliphatic rings. The van der Waals surface area contributed by atoms with E-state index in [-0.39, 0.29) is 24.7 Å².